The Kier molecular flexibility index (Phi) is 3.20. The van der Waals surface area contributed by atoms with Gasteiger partial charge in [0.05, 0.1) is 10.6 Å². The van der Waals surface area contributed by atoms with E-state index in [0.717, 1.165) is 24.3 Å². The molecule has 18 heavy (non-hydrogen) atoms. The standard InChI is InChI=1S/C12H10FNO3S/c13-9-5-7-10(8-6-9)18(16,17)14-11-3-1-2-4-12(11)15/h1-8,14-15H. The van der Waals surface area contributed by atoms with E-state index >= 15 is 0 Å². The minimum absolute atomic E-state index is 0.0711. The summed E-state index contributed by atoms with van der Waals surface area (Å²) in [5, 5.41) is 9.48. The zero-order chi connectivity index (χ0) is 13.2. The van der Waals surface area contributed by atoms with Crippen LogP contribution in [0.1, 0.15) is 0 Å². The molecule has 0 aromatic heterocycles. The molecule has 0 aliphatic carbocycles. The van der Waals surface area contributed by atoms with E-state index in [1.165, 1.54) is 12.1 Å². The van der Waals surface area contributed by atoms with E-state index in [1.807, 2.05) is 0 Å². The number of sulfonamides is 1. The van der Waals surface area contributed by atoms with Crippen LogP contribution >= 0.6 is 0 Å². The van der Waals surface area contributed by atoms with Crippen molar-refractivity contribution in [1.29, 1.82) is 0 Å². The molecule has 0 saturated carbocycles. The fraction of sp³-hybridized carbons (Fsp3) is 0. The minimum atomic E-state index is -3.83. The van der Waals surface area contributed by atoms with E-state index in [2.05, 4.69) is 4.72 Å². The summed E-state index contributed by atoms with van der Waals surface area (Å²) in [7, 11) is -3.83. The third kappa shape index (κ3) is 2.60. The largest absolute Gasteiger partial charge is 0.506 e. The van der Waals surface area contributed by atoms with Gasteiger partial charge < -0.3 is 5.11 Å². The number of phenols is 1. The molecule has 4 nitrogen and oxygen atoms in total. The molecule has 0 aliphatic rings. The SMILES string of the molecule is O=S(=O)(Nc1ccccc1O)c1ccc(F)cc1. The molecule has 0 heterocycles. The molecule has 0 aliphatic heterocycles. The van der Waals surface area contributed by atoms with Gasteiger partial charge in [0.15, 0.2) is 0 Å². The van der Waals surface area contributed by atoms with Crippen LogP contribution in [-0.2, 0) is 10.0 Å². The van der Waals surface area contributed by atoms with Crippen molar-refractivity contribution in [3.63, 3.8) is 0 Å². The lowest BCUT2D eigenvalue weighted by Gasteiger charge is -2.09. The van der Waals surface area contributed by atoms with Crippen LogP contribution in [0.4, 0.5) is 10.1 Å². The number of aromatic hydroxyl groups is 1. The Balaban J connectivity index is 2.33. The molecular formula is C12H10FNO3S. The van der Waals surface area contributed by atoms with Crippen LogP contribution in [0, 0.1) is 5.82 Å². The highest BCUT2D eigenvalue weighted by Crippen LogP contribution is 2.24. The topological polar surface area (TPSA) is 66.4 Å². The molecule has 2 aromatic carbocycles. The predicted molar refractivity (Wildman–Crippen MR) is 65.3 cm³/mol. The maximum absolute atomic E-state index is 12.7. The van der Waals surface area contributed by atoms with Crippen LogP contribution in [0.25, 0.3) is 0 Å². The van der Waals surface area contributed by atoms with Crippen molar-refractivity contribution in [2.24, 2.45) is 0 Å². The molecule has 0 fully saturated rings. The number of rotatable bonds is 3. The van der Waals surface area contributed by atoms with E-state index in [0.29, 0.717) is 0 Å². The van der Waals surface area contributed by atoms with Crippen LogP contribution in [0.2, 0.25) is 0 Å². The molecular weight excluding hydrogens is 257 g/mol. The van der Waals surface area contributed by atoms with Crippen LogP contribution < -0.4 is 4.72 Å². The second-order valence-corrected chi connectivity index (χ2v) is 5.26. The van der Waals surface area contributed by atoms with Crippen LogP contribution in [0.3, 0.4) is 0 Å². The summed E-state index contributed by atoms with van der Waals surface area (Å²) >= 11 is 0. The predicted octanol–water partition coefficient (Wildman–Crippen LogP) is 2.33. The zero-order valence-electron chi connectivity index (χ0n) is 9.17. The Morgan fingerprint density at radius 2 is 1.61 bits per heavy atom. The Morgan fingerprint density at radius 3 is 2.22 bits per heavy atom. The summed E-state index contributed by atoms with van der Waals surface area (Å²) in [6.07, 6.45) is 0. The summed E-state index contributed by atoms with van der Waals surface area (Å²) in [5.41, 5.74) is 0.0711. The maximum Gasteiger partial charge on any atom is 0.262 e. The summed E-state index contributed by atoms with van der Waals surface area (Å²) in [4.78, 5) is -0.0767. The van der Waals surface area contributed by atoms with Gasteiger partial charge in [0.2, 0.25) is 0 Å². The lowest BCUT2D eigenvalue weighted by molar-refractivity contribution is 0.477. The van der Waals surface area contributed by atoms with Gasteiger partial charge in [-0.1, -0.05) is 12.1 Å². The first-order chi connectivity index (χ1) is 8.49. The summed E-state index contributed by atoms with van der Waals surface area (Å²) in [6.45, 7) is 0. The third-order valence-corrected chi connectivity index (χ3v) is 3.65. The number of benzene rings is 2. The van der Waals surface area contributed by atoms with Crippen molar-refractivity contribution in [2.45, 2.75) is 4.90 Å². The van der Waals surface area contributed by atoms with Gasteiger partial charge in [0.1, 0.15) is 11.6 Å². The van der Waals surface area contributed by atoms with E-state index in [4.69, 9.17) is 0 Å². The Morgan fingerprint density at radius 1 is 1.00 bits per heavy atom. The molecule has 2 rings (SSSR count). The number of para-hydroxylation sites is 2. The van der Waals surface area contributed by atoms with Gasteiger partial charge in [-0.05, 0) is 36.4 Å². The van der Waals surface area contributed by atoms with Gasteiger partial charge in [0, 0.05) is 0 Å². The van der Waals surface area contributed by atoms with Gasteiger partial charge in [-0.15, -0.1) is 0 Å². The second-order valence-electron chi connectivity index (χ2n) is 3.58. The monoisotopic (exact) mass is 267 g/mol. The van der Waals surface area contributed by atoms with E-state index < -0.39 is 15.8 Å². The Hall–Kier alpha value is -2.08. The molecule has 0 amide bonds. The van der Waals surface area contributed by atoms with Gasteiger partial charge in [-0.2, -0.15) is 0 Å². The van der Waals surface area contributed by atoms with Crippen LogP contribution in [0.15, 0.2) is 53.4 Å². The van der Waals surface area contributed by atoms with Gasteiger partial charge in [-0.3, -0.25) is 4.72 Å². The molecule has 0 bridgehead atoms. The summed E-state index contributed by atoms with van der Waals surface area (Å²) in [6, 6.07) is 10.4. The number of halogens is 1. The van der Waals surface area contributed by atoms with Crippen molar-refractivity contribution in [1.82, 2.24) is 0 Å². The van der Waals surface area contributed by atoms with E-state index in [1.54, 1.807) is 12.1 Å². The molecule has 94 valence electrons. The third-order valence-electron chi connectivity index (χ3n) is 2.27. The Bertz CT molecular complexity index is 653. The minimum Gasteiger partial charge on any atom is -0.506 e. The second kappa shape index (κ2) is 4.66. The average Bonchev–Trinajstić information content (AvgIpc) is 2.32. The maximum atomic E-state index is 12.7. The van der Waals surface area contributed by atoms with Crippen molar-refractivity contribution in [3.8, 4) is 5.75 Å². The molecule has 0 unspecified atom stereocenters. The van der Waals surface area contributed by atoms with Crippen molar-refractivity contribution >= 4 is 15.7 Å². The molecule has 2 N–H and O–H groups in total. The first-order valence-electron chi connectivity index (χ1n) is 5.05. The normalized spacial score (nSPS) is 11.2. The van der Waals surface area contributed by atoms with Crippen LogP contribution in [-0.4, -0.2) is 13.5 Å². The first kappa shape index (κ1) is 12.4. The van der Waals surface area contributed by atoms with Crippen molar-refractivity contribution in [3.05, 3.63) is 54.3 Å². The average molecular weight is 267 g/mol. The fourth-order valence-corrected chi connectivity index (χ4v) is 2.45. The number of nitrogens with one attached hydrogen (secondary N) is 1. The molecule has 0 spiro atoms. The highest BCUT2D eigenvalue weighted by molar-refractivity contribution is 7.92. The van der Waals surface area contributed by atoms with Crippen molar-refractivity contribution in [2.75, 3.05) is 4.72 Å². The molecule has 6 heteroatoms. The summed E-state index contributed by atoms with van der Waals surface area (Å²) in [5.74, 6) is -0.695. The zero-order valence-corrected chi connectivity index (χ0v) is 9.99. The lowest BCUT2D eigenvalue weighted by Crippen LogP contribution is -2.12. The lowest BCUT2D eigenvalue weighted by atomic mass is 10.3. The number of hydrogen-bond acceptors (Lipinski definition) is 3. The highest BCUT2D eigenvalue weighted by atomic mass is 32.2. The number of phenolic OH excluding ortho intramolecular Hbond substituents is 1. The molecule has 0 atom stereocenters. The van der Waals surface area contributed by atoms with Gasteiger partial charge in [-0.25, -0.2) is 12.8 Å². The molecule has 2 aromatic rings. The van der Waals surface area contributed by atoms with E-state index in [-0.39, 0.29) is 16.3 Å². The first-order valence-corrected chi connectivity index (χ1v) is 6.54. The molecule has 0 saturated heterocycles. The van der Waals surface area contributed by atoms with Crippen LogP contribution in [0.5, 0.6) is 5.75 Å². The molecule has 0 radical (unpaired) electrons. The quantitative estimate of drug-likeness (QED) is 0.839. The fourth-order valence-electron chi connectivity index (χ4n) is 1.38. The highest BCUT2D eigenvalue weighted by Gasteiger charge is 2.15. The van der Waals surface area contributed by atoms with E-state index in [9.17, 15) is 17.9 Å². The Labute approximate surface area is 104 Å². The summed E-state index contributed by atoms with van der Waals surface area (Å²) < 4.78 is 38.8. The smallest absolute Gasteiger partial charge is 0.262 e. The number of anilines is 1. The van der Waals surface area contributed by atoms with Gasteiger partial charge >= 0.3 is 0 Å². The van der Waals surface area contributed by atoms with Gasteiger partial charge in [0.25, 0.3) is 10.0 Å². The van der Waals surface area contributed by atoms with Crippen molar-refractivity contribution < 1.29 is 17.9 Å². The number of hydrogen-bond donors (Lipinski definition) is 2.